The standard InChI is InChI=1S/C18H22N2O6S/c1-2-3-4-5-18(22)26-14-17(21)19-15-6-8-16(9-7-15)27(23,24)20-10-12-25-13-11-20/h2-9H,10-14H2,1H3,(H,19,21)/b3-2+,5-4+. The average Bonchev–Trinajstić information content (AvgIpc) is 2.68. The van der Waals surface area contributed by atoms with Crippen LogP contribution in [0.3, 0.4) is 0 Å². The second-order valence-electron chi connectivity index (χ2n) is 5.58. The van der Waals surface area contributed by atoms with Crippen molar-refractivity contribution in [3.8, 4) is 0 Å². The molecule has 0 bridgehead atoms. The Morgan fingerprint density at radius 3 is 2.48 bits per heavy atom. The van der Waals surface area contributed by atoms with Crippen molar-refractivity contribution < 1.29 is 27.5 Å². The van der Waals surface area contributed by atoms with Gasteiger partial charge in [-0.05, 0) is 31.2 Å². The lowest BCUT2D eigenvalue weighted by Crippen LogP contribution is -2.40. The molecule has 9 heteroatoms. The number of amides is 1. The fourth-order valence-electron chi connectivity index (χ4n) is 2.27. The zero-order chi connectivity index (χ0) is 19.7. The molecule has 8 nitrogen and oxygen atoms in total. The molecule has 1 aromatic carbocycles. The Kier molecular flexibility index (Phi) is 7.71. The SMILES string of the molecule is C/C=C/C=C/C(=O)OCC(=O)Nc1ccc(S(=O)(=O)N2CCOCC2)cc1. The summed E-state index contributed by atoms with van der Waals surface area (Å²) in [5.74, 6) is -1.15. The van der Waals surface area contributed by atoms with Gasteiger partial charge in [-0.25, -0.2) is 13.2 Å². The van der Waals surface area contributed by atoms with Crippen molar-refractivity contribution in [1.29, 1.82) is 0 Å². The Morgan fingerprint density at radius 2 is 1.85 bits per heavy atom. The van der Waals surface area contributed by atoms with Gasteiger partial charge in [0.15, 0.2) is 6.61 Å². The maximum atomic E-state index is 12.5. The third-order valence-corrected chi connectivity index (χ3v) is 5.54. The van der Waals surface area contributed by atoms with Crippen molar-refractivity contribution in [2.45, 2.75) is 11.8 Å². The van der Waals surface area contributed by atoms with E-state index in [0.717, 1.165) is 0 Å². The van der Waals surface area contributed by atoms with Crippen LogP contribution in [-0.4, -0.2) is 57.5 Å². The third-order valence-electron chi connectivity index (χ3n) is 3.63. The molecule has 0 spiro atoms. The van der Waals surface area contributed by atoms with Gasteiger partial charge in [-0.2, -0.15) is 4.31 Å². The van der Waals surface area contributed by atoms with Crippen LogP contribution in [0.2, 0.25) is 0 Å². The summed E-state index contributed by atoms with van der Waals surface area (Å²) in [6, 6.07) is 5.82. The summed E-state index contributed by atoms with van der Waals surface area (Å²) < 4.78 is 36.4. The van der Waals surface area contributed by atoms with Crippen LogP contribution in [0.25, 0.3) is 0 Å². The Labute approximate surface area is 158 Å². The quantitative estimate of drug-likeness (QED) is 0.425. The highest BCUT2D eigenvalue weighted by Crippen LogP contribution is 2.19. The van der Waals surface area contributed by atoms with Crippen molar-refractivity contribution in [3.05, 3.63) is 48.6 Å². The van der Waals surface area contributed by atoms with Gasteiger partial charge >= 0.3 is 5.97 Å². The molecule has 146 valence electrons. The van der Waals surface area contributed by atoms with Crippen LogP contribution in [0.5, 0.6) is 0 Å². The Hall–Kier alpha value is -2.49. The first-order valence-corrected chi connectivity index (χ1v) is 9.81. The normalized spacial score (nSPS) is 15.9. The fraction of sp³-hybridized carbons (Fsp3) is 0.333. The second-order valence-corrected chi connectivity index (χ2v) is 7.52. The molecule has 0 atom stereocenters. The number of carbonyl (C=O) groups excluding carboxylic acids is 2. The van der Waals surface area contributed by atoms with E-state index in [0.29, 0.717) is 32.0 Å². The lowest BCUT2D eigenvalue weighted by molar-refractivity contribution is -0.142. The van der Waals surface area contributed by atoms with Gasteiger partial charge in [-0.1, -0.05) is 18.2 Å². The van der Waals surface area contributed by atoms with Crippen LogP contribution >= 0.6 is 0 Å². The first kappa shape index (κ1) is 20.8. The monoisotopic (exact) mass is 394 g/mol. The van der Waals surface area contributed by atoms with Gasteiger partial charge in [0.05, 0.1) is 18.1 Å². The molecule has 1 aliphatic heterocycles. The van der Waals surface area contributed by atoms with E-state index in [-0.39, 0.29) is 4.90 Å². The second kappa shape index (κ2) is 10.0. The van der Waals surface area contributed by atoms with E-state index in [1.807, 2.05) is 0 Å². The Bertz CT molecular complexity index is 809. The maximum absolute atomic E-state index is 12.5. The smallest absolute Gasteiger partial charge is 0.331 e. The van der Waals surface area contributed by atoms with Gasteiger partial charge in [0.25, 0.3) is 5.91 Å². The molecule has 1 saturated heterocycles. The molecule has 1 aliphatic rings. The van der Waals surface area contributed by atoms with Crippen LogP contribution < -0.4 is 5.32 Å². The molecule has 27 heavy (non-hydrogen) atoms. The zero-order valence-corrected chi connectivity index (χ0v) is 15.8. The minimum atomic E-state index is -3.58. The summed E-state index contributed by atoms with van der Waals surface area (Å²) >= 11 is 0. The lowest BCUT2D eigenvalue weighted by Gasteiger charge is -2.26. The van der Waals surface area contributed by atoms with Crippen LogP contribution in [0.4, 0.5) is 5.69 Å². The van der Waals surface area contributed by atoms with E-state index >= 15 is 0 Å². The summed E-state index contributed by atoms with van der Waals surface area (Å²) in [5, 5.41) is 2.54. The van der Waals surface area contributed by atoms with E-state index in [1.54, 1.807) is 19.1 Å². The number of sulfonamides is 1. The number of esters is 1. The topological polar surface area (TPSA) is 102 Å². The summed E-state index contributed by atoms with van der Waals surface area (Å²) in [5.41, 5.74) is 0.404. The lowest BCUT2D eigenvalue weighted by atomic mass is 10.3. The van der Waals surface area contributed by atoms with E-state index in [9.17, 15) is 18.0 Å². The van der Waals surface area contributed by atoms with Crippen molar-refractivity contribution in [2.24, 2.45) is 0 Å². The number of rotatable bonds is 7. The third kappa shape index (κ3) is 6.31. The summed E-state index contributed by atoms with van der Waals surface area (Å²) in [6.07, 6.45) is 6.12. The molecule has 1 aromatic rings. The fourth-order valence-corrected chi connectivity index (χ4v) is 3.68. The van der Waals surface area contributed by atoms with E-state index in [2.05, 4.69) is 5.32 Å². The summed E-state index contributed by atoms with van der Waals surface area (Å²) in [7, 11) is -3.58. The number of allylic oxidation sites excluding steroid dienone is 3. The predicted octanol–water partition coefficient (Wildman–Crippen LogP) is 1.32. The number of hydrogen-bond donors (Lipinski definition) is 1. The van der Waals surface area contributed by atoms with Crippen molar-refractivity contribution >= 4 is 27.6 Å². The van der Waals surface area contributed by atoms with E-state index in [1.165, 1.54) is 40.7 Å². The van der Waals surface area contributed by atoms with Crippen LogP contribution in [0, 0.1) is 0 Å². The van der Waals surface area contributed by atoms with Crippen LogP contribution in [0.15, 0.2) is 53.5 Å². The van der Waals surface area contributed by atoms with Crippen LogP contribution in [0.1, 0.15) is 6.92 Å². The molecule has 0 aliphatic carbocycles. The highest BCUT2D eigenvalue weighted by Gasteiger charge is 2.26. The molecule has 2 rings (SSSR count). The molecule has 1 heterocycles. The predicted molar refractivity (Wildman–Crippen MR) is 99.6 cm³/mol. The minimum Gasteiger partial charge on any atom is -0.452 e. The van der Waals surface area contributed by atoms with Crippen molar-refractivity contribution in [1.82, 2.24) is 4.31 Å². The molecule has 1 N–H and O–H groups in total. The highest BCUT2D eigenvalue weighted by molar-refractivity contribution is 7.89. The van der Waals surface area contributed by atoms with Gasteiger partial charge in [0, 0.05) is 24.9 Å². The molecular formula is C18H22N2O6S. The first-order chi connectivity index (χ1) is 12.9. The van der Waals surface area contributed by atoms with E-state index in [4.69, 9.17) is 9.47 Å². The average molecular weight is 394 g/mol. The zero-order valence-electron chi connectivity index (χ0n) is 15.0. The van der Waals surface area contributed by atoms with Gasteiger partial charge in [0.1, 0.15) is 0 Å². The molecule has 0 aromatic heterocycles. The Morgan fingerprint density at radius 1 is 1.19 bits per heavy atom. The van der Waals surface area contributed by atoms with E-state index < -0.39 is 28.5 Å². The van der Waals surface area contributed by atoms with Gasteiger partial charge in [0.2, 0.25) is 10.0 Å². The number of ether oxygens (including phenoxy) is 2. The number of carbonyl (C=O) groups is 2. The van der Waals surface area contributed by atoms with Crippen molar-refractivity contribution in [3.63, 3.8) is 0 Å². The van der Waals surface area contributed by atoms with Crippen molar-refractivity contribution in [2.75, 3.05) is 38.2 Å². The number of hydrogen-bond acceptors (Lipinski definition) is 6. The number of anilines is 1. The molecule has 0 radical (unpaired) electrons. The number of morpholine rings is 1. The molecular weight excluding hydrogens is 372 g/mol. The largest absolute Gasteiger partial charge is 0.452 e. The molecule has 0 unspecified atom stereocenters. The number of nitrogens with one attached hydrogen (secondary N) is 1. The highest BCUT2D eigenvalue weighted by atomic mass is 32.2. The van der Waals surface area contributed by atoms with Gasteiger partial charge < -0.3 is 14.8 Å². The Balaban J connectivity index is 1.89. The molecule has 1 amide bonds. The maximum Gasteiger partial charge on any atom is 0.331 e. The first-order valence-electron chi connectivity index (χ1n) is 8.37. The summed E-state index contributed by atoms with van der Waals surface area (Å²) in [6.45, 7) is 2.74. The molecule has 0 saturated carbocycles. The van der Waals surface area contributed by atoms with Gasteiger partial charge in [-0.3, -0.25) is 4.79 Å². The number of benzene rings is 1. The van der Waals surface area contributed by atoms with Gasteiger partial charge in [-0.15, -0.1) is 0 Å². The van der Waals surface area contributed by atoms with Crippen LogP contribution in [-0.2, 0) is 29.1 Å². The molecule has 1 fully saturated rings. The summed E-state index contributed by atoms with van der Waals surface area (Å²) in [4.78, 5) is 23.3. The minimum absolute atomic E-state index is 0.142. The number of nitrogens with zero attached hydrogens (tertiary/aromatic N) is 1.